The second kappa shape index (κ2) is 5.43. The van der Waals surface area contributed by atoms with Crippen molar-refractivity contribution in [2.24, 2.45) is 0 Å². The molecule has 1 aliphatic rings. The van der Waals surface area contributed by atoms with Crippen molar-refractivity contribution in [3.05, 3.63) is 29.0 Å². The van der Waals surface area contributed by atoms with Crippen LogP contribution in [-0.2, 0) is 0 Å². The lowest BCUT2D eigenvalue weighted by atomic mass is 10.1. The highest BCUT2D eigenvalue weighted by Gasteiger charge is 2.17. The zero-order chi connectivity index (χ0) is 13.2. The number of aromatic nitrogens is 2. The molecule has 5 heteroatoms. The molecule has 1 fully saturated rings. The van der Waals surface area contributed by atoms with Gasteiger partial charge in [0, 0.05) is 22.9 Å². The second-order valence-electron chi connectivity index (χ2n) is 5.10. The molecule has 4 nitrogen and oxygen atoms in total. The summed E-state index contributed by atoms with van der Waals surface area (Å²) in [4.78, 5) is 11.2. The van der Waals surface area contributed by atoms with Gasteiger partial charge in [0.1, 0.15) is 5.52 Å². The first-order valence-corrected chi connectivity index (χ1v) is 7.37. The summed E-state index contributed by atoms with van der Waals surface area (Å²) in [7, 11) is 2.18. The average molecular weight is 321 g/mol. The van der Waals surface area contributed by atoms with Gasteiger partial charge >= 0.3 is 0 Å². The molecule has 1 aliphatic heterocycles. The fourth-order valence-electron chi connectivity index (χ4n) is 2.49. The Morgan fingerprint density at radius 1 is 1.32 bits per heavy atom. The maximum Gasteiger partial charge on any atom is 0.112 e. The van der Waals surface area contributed by atoms with Crippen LogP contribution in [0, 0.1) is 0 Å². The van der Waals surface area contributed by atoms with Gasteiger partial charge in [0.15, 0.2) is 0 Å². The summed E-state index contributed by atoms with van der Waals surface area (Å²) in [6.45, 7) is 2.30. The van der Waals surface area contributed by atoms with Crippen LogP contribution in [0.25, 0.3) is 11.0 Å². The van der Waals surface area contributed by atoms with Gasteiger partial charge in [0.2, 0.25) is 0 Å². The summed E-state index contributed by atoms with van der Waals surface area (Å²) in [6.07, 6.45) is 6.02. The monoisotopic (exact) mass is 320 g/mol. The van der Waals surface area contributed by atoms with Crippen LogP contribution in [0.2, 0.25) is 0 Å². The Kier molecular flexibility index (Phi) is 3.66. The van der Waals surface area contributed by atoms with Gasteiger partial charge in [-0.05, 0) is 61.0 Å². The Balaban J connectivity index is 1.84. The van der Waals surface area contributed by atoms with Crippen LogP contribution in [0.5, 0.6) is 0 Å². The van der Waals surface area contributed by atoms with Crippen molar-refractivity contribution in [3.8, 4) is 0 Å². The molecule has 2 aromatic heterocycles. The minimum atomic E-state index is 0.534. The van der Waals surface area contributed by atoms with E-state index in [2.05, 4.69) is 43.2 Å². The second-order valence-corrected chi connectivity index (χ2v) is 6.02. The quantitative estimate of drug-likeness (QED) is 0.923. The third-order valence-corrected chi connectivity index (χ3v) is 4.06. The lowest BCUT2D eigenvalue weighted by Crippen LogP contribution is -2.36. The number of rotatable bonds is 2. The molecule has 1 saturated heterocycles. The van der Waals surface area contributed by atoms with E-state index in [4.69, 9.17) is 0 Å². The Hall–Kier alpha value is -1.20. The number of fused-ring (bicyclic) bond motifs is 1. The van der Waals surface area contributed by atoms with Crippen LogP contribution in [0.1, 0.15) is 12.8 Å². The Morgan fingerprint density at radius 3 is 2.89 bits per heavy atom. The van der Waals surface area contributed by atoms with Gasteiger partial charge in [0.05, 0.1) is 11.2 Å². The van der Waals surface area contributed by atoms with E-state index in [1.165, 1.54) is 12.8 Å². The summed E-state index contributed by atoms with van der Waals surface area (Å²) in [5.74, 6) is 0. The highest BCUT2D eigenvalue weighted by atomic mass is 79.9. The summed E-state index contributed by atoms with van der Waals surface area (Å²) in [6, 6.07) is 4.55. The predicted molar refractivity (Wildman–Crippen MR) is 81.4 cm³/mol. The van der Waals surface area contributed by atoms with Gasteiger partial charge in [0.25, 0.3) is 0 Å². The Morgan fingerprint density at radius 2 is 2.11 bits per heavy atom. The topological polar surface area (TPSA) is 41.0 Å². The highest BCUT2D eigenvalue weighted by molar-refractivity contribution is 9.10. The third kappa shape index (κ3) is 2.87. The molecular weight excluding hydrogens is 304 g/mol. The SMILES string of the molecule is CN1CCC(Nc2ccnc3cc(Br)cnc23)CC1. The first-order chi connectivity index (χ1) is 9.22. The van der Waals surface area contributed by atoms with Gasteiger partial charge in [-0.15, -0.1) is 0 Å². The minimum absolute atomic E-state index is 0.534. The normalized spacial score (nSPS) is 17.8. The maximum absolute atomic E-state index is 4.48. The van der Waals surface area contributed by atoms with Crippen LogP contribution in [-0.4, -0.2) is 41.0 Å². The Bertz CT molecular complexity index is 579. The van der Waals surface area contributed by atoms with E-state index < -0.39 is 0 Å². The summed E-state index contributed by atoms with van der Waals surface area (Å²) >= 11 is 3.43. The number of halogens is 1. The number of pyridine rings is 2. The van der Waals surface area contributed by atoms with Gasteiger partial charge in [-0.25, -0.2) is 0 Å². The summed E-state index contributed by atoms with van der Waals surface area (Å²) in [5, 5.41) is 3.62. The lowest BCUT2D eigenvalue weighted by Gasteiger charge is -2.30. The Labute approximate surface area is 121 Å². The molecule has 0 unspecified atom stereocenters. The van der Waals surface area contributed by atoms with Gasteiger partial charge in [-0.3, -0.25) is 9.97 Å². The van der Waals surface area contributed by atoms with E-state index in [0.29, 0.717) is 6.04 Å². The first-order valence-electron chi connectivity index (χ1n) is 6.58. The van der Waals surface area contributed by atoms with Crippen molar-refractivity contribution >= 4 is 32.7 Å². The third-order valence-electron chi connectivity index (χ3n) is 3.62. The molecule has 0 amide bonds. The molecule has 0 aromatic carbocycles. The minimum Gasteiger partial charge on any atom is -0.380 e. The number of likely N-dealkylation sites (tertiary alicyclic amines) is 1. The van der Waals surface area contributed by atoms with E-state index in [-0.39, 0.29) is 0 Å². The molecule has 0 bridgehead atoms. The van der Waals surface area contributed by atoms with Gasteiger partial charge < -0.3 is 10.2 Å². The maximum atomic E-state index is 4.48. The standard InChI is InChI=1S/C14H17BrN4/c1-19-6-3-11(4-7-19)18-12-2-5-16-13-8-10(15)9-17-14(12)13/h2,5,8-9,11H,3-4,6-7H2,1H3,(H,16,18). The number of nitrogens with one attached hydrogen (secondary N) is 1. The molecule has 19 heavy (non-hydrogen) atoms. The molecule has 0 aliphatic carbocycles. The van der Waals surface area contributed by atoms with E-state index in [1.54, 1.807) is 0 Å². The molecule has 0 radical (unpaired) electrons. The molecule has 100 valence electrons. The van der Waals surface area contributed by atoms with Crippen LogP contribution < -0.4 is 5.32 Å². The van der Waals surface area contributed by atoms with Crippen LogP contribution >= 0.6 is 15.9 Å². The van der Waals surface area contributed by atoms with E-state index in [9.17, 15) is 0 Å². The molecule has 2 aromatic rings. The number of nitrogens with zero attached hydrogens (tertiary/aromatic N) is 3. The zero-order valence-electron chi connectivity index (χ0n) is 10.9. The molecular formula is C14H17BrN4. The smallest absolute Gasteiger partial charge is 0.112 e. The molecule has 0 saturated carbocycles. The van der Waals surface area contributed by atoms with E-state index in [0.717, 1.165) is 34.3 Å². The molecule has 0 atom stereocenters. The van der Waals surface area contributed by atoms with Crippen molar-refractivity contribution in [3.63, 3.8) is 0 Å². The number of hydrogen-bond donors (Lipinski definition) is 1. The van der Waals surface area contributed by atoms with Crippen molar-refractivity contribution in [2.75, 3.05) is 25.5 Å². The lowest BCUT2D eigenvalue weighted by molar-refractivity contribution is 0.264. The molecule has 0 spiro atoms. The molecule has 1 N–H and O–H groups in total. The zero-order valence-corrected chi connectivity index (χ0v) is 12.5. The van der Waals surface area contributed by atoms with Crippen molar-refractivity contribution in [2.45, 2.75) is 18.9 Å². The summed E-state index contributed by atoms with van der Waals surface area (Å²) < 4.78 is 0.962. The number of anilines is 1. The fourth-order valence-corrected chi connectivity index (χ4v) is 2.81. The van der Waals surface area contributed by atoms with Crippen molar-refractivity contribution in [1.29, 1.82) is 0 Å². The average Bonchev–Trinajstić information content (AvgIpc) is 2.41. The van der Waals surface area contributed by atoms with E-state index >= 15 is 0 Å². The number of hydrogen-bond acceptors (Lipinski definition) is 4. The van der Waals surface area contributed by atoms with Gasteiger partial charge in [-0.1, -0.05) is 0 Å². The highest BCUT2D eigenvalue weighted by Crippen LogP contribution is 2.24. The summed E-state index contributed by atoms with van der Waals surface area (Å²) in [5.41, 5.74) is 2.96. The van der Waals surface area contributed by atoms with Crippen molar-refractivity contribution in [1.82, 2.24) is 14.9 Å². The van der Waals surface area contributed by atoms with Crippen LogP contribution in [0.4, 0.5) is 5.69 Å². The molecule has 3 rings (SSSR count). The van der Waals surface area contributed by atoms with Crippen LogP contribution in [0.3, 0.4) is 0 Å². The van der Waals surface area contributed by atoms with Crippen LogP contribution in [0.15, 0.2) is 29.0 Å². The molecule has 3 heterocycles. The van der Waals surface area contributed by atoms with Gasteiger partial charge in [-0.2, -0.15) is 0 Å². The van der Waals surface area contributed by atoms with E-state index in [1.807, 2.05) is 24.5 Å². The predicted octanol–water partition coefficient (Wildman–Crippen LogP) is 2.90. The van der Waals surface area contributed by atoms with Crippen molar-refractivity contribution < 1.29 is 0 Å². The number of piperidine rings is 1. The largest absolute Gasteiger partial charge is 0.380 e. The fraction of sp³-hybridized carbons (Fsp3) is 0.429. The first kappa shape index (κ1) is 12.8.